The topological polar surface area (TPSA) is 49.8 Å². The molecule has 0 aliphatic heterocycles. The summed E-state index contributed by atoms with van der Waals surface area (Å²) in [5.41, 5.74) is 6.76. The van der Waals surface area contributed by atoms with Gasteiger partial charge in [0.05, 0.1) is 11.9 Å². The lowest BCUT2D eigenvalue weighted by Crippen LogP contribution is -2.18. The normalized spacial score (nSPS) is 10.1. The zero-order valence-electron chi connectivity index (χ0n) is 7.76. The average molecular weight is 245 g/mol. The molecule has 5 heteroatoms. The van der Waals surface area contributed by atoms with Gasteiger partial charge >= 0.3 is 0 Å². The summed E-state index contributed by atoms with van der Waals surface area (Å²) in [4.78, 5) is 8.54. The number of rotatable bonds is 4. The number of anilines is 1. The fraction of sp³-hybridized carbons (Fsp3) is 0.500. The zero-order chi connectivity index (χ0) is 9.68. The van der Waals surface area contributed by atoms with E-state index in [2.05, 4.69) is 43.7 Å². The molecule has 0 saturated heterocycles. The molecule has 0 spiro atoms. The van der Waals surface area contributed by atoms with Gasteiger partial charge in [0.15, 0.2) is 5.82 Å². The van der Waals surface area contributed by atoms with Gasteiger partial charge in [-0.1, -0.05) is 13.3 Å². The number of hydrazine groups is 1. The third-order valence-electron chi connectivity index (χ3n) is 1.55. The second-order valence-electron chi connectivity index (χ2n) is 2.61. The van der Waals surface area contributed by atoms with Crippen molar-refractivity contribution < 1.29 is 0 Å². The Labute approximate surface area is 86.3 Å². The lowest BCUT2D eigenvalue weighted by atomic mass is 10.2. The molecule has 0 unspecified atom stereocenters. The lowest BCUT2D eigenvalue weighted by molar-refractivity contribution is 0.849. The van der Waals surface area contributed by atoms with Crippen LogP contribution in [0.15, 0.2) is 10.8 Å². The highest BCUT2D eigenvalue weighted by Crippen LogP contribution is 2.14. The zero-order valence-corrected chi connectivity index (χ0v) is 9.35. The van der Waals surface area contributed by atoms with Crippen molar-refractivity contribution in [2.75, 3.05) is 12.5 Å². The molecule has 0 amide bonds. The molecule has 2 N–H and O–H groups in total. The first-order valence-electron chi connectivity index (χ1n) is 4.22. The highest BCUT2D eigenvalue weighted by Gasteiger charge is 2.04. The molecule has 0 fully saturated rings. The monoisotopic (exact) mass is 244 g/mol. The Hall–Kier alpha value is -0.680. The molecule has 0 radical (unpaired) electrons. The van der Waals surface area contributed by atoms with Crippen LogP contribution in [0.25, 0.3) is 0 Å². The van der Waals surface area contributed by atoms with Gasteiger partial charge in [-0.05, 0) is 22.4 Å². The van der Waals surface area contributed by atoms with E-state index in [4.69, 9.17) is 0 Å². The molecule has 0 saturated carbocycles. The van der Waals surface area contributed by atoms with E-state index in [1.54, 1.807) is 13.2 Å². The van der Waals surface area contributed by atoms with E-state index in [-0.39, 0.29) is 0 Å². The smallest absolute Gasteiger partial charge is 0.162 e. The molecule has 1 heterocycles. The number of nitrogens with zero attached hydrogens (tertiary/aromatic N) is 2. The van der Waals surface area contributed by atoms with Crippen molar-refractivity contribution in [2.45, 2.75) is 19.8 Å². The minimum Gasteiger partial charge on any atom is -0.305 e. The number of halogens is 1. The van der Waals surface area contributed by atoms with Crippen molar-refractivity contribution in [1.29, 1.82) is 0 Å². The highest BCUT2D eigenvalue weighted by molar-refractivity contribution is 9.10. The number of aryl methyl sites for hydroxylation is 1. The molecule has 4 nitrogen and oxygen atoms in total. The summed E-state index contributed by atoms with van der Waals surface area (Å²) in [6.07, 6.45) is 3.67. The second kappa shape index (κ2) is 5.14. The number of hydrogen-bond donors (Lipinski definition) is 2. The maximum atomic E-state index is 4.33. The van der Waals surface area contributed by atoms with Gasteiger partial charge in [-0.25, -0.2) is 15.4 Å². The molecule has 13 heavy (non-hydrogen) atoms. The van der Waals surface area contributed by atoms with Crippen LogP contribution in [-0.4, -0.2) is 17.0 Å². The molecule has 72 valence electrons. The van der Waals surface area contributed by atoms with Crippen molar-refractivity contribution in [1.82, 2.24) is 15.4 Å². The maximum Gasteiger partial charge on any atom is 0.162 e. The van der Waals surface area contributed by atoms with Crippen molar-refractivity contribution in [3.8, 4) is 0 Å². The predicted molar refractivity (Wildman–Crippen MR) is 56.4 cm³/mol. The summed E-state index contributed by atoms with van der Waals surface area (Å²) in [6.45, 7) is 2.12. The standard InChI is InChI=1S/C8H13BrN4/c1-3-4-6-8(13-10-2)11-5-7(9)12-6/h5,10H,3-4H2,1-2H3,(H,11,13). The molecule has 0 aliphatic rings. The summed E-state index contributed by atoms with van der Waals surface area (Å²) in [7, 11) is 1.81. The Morgan fingerprint density at radius 3 is 2.92 bits per heavy atom. The predicted octanol–water partition coefficient (Wildman–Crippen LogP) is 1.74. The van der Waals surface area contributed by atoms with Gasteiger partial charge in [0.2, 0.25) is 0 Å². The van der Waals surface area contributed by atoms with Crippen LogP contribution in [0.4, 0.5) is 5.82 Å². The molecule has 0 aliphatic carbocycles. The fourth-order valence-corrected chi connectivity index (χ4v) is 1.35. The minimum atomic E-state index is 0.776. The third-order valence-corrected chi connectivity index (χ3v) is 1.93. The van der Waals surface area contributed by atoms with Gasteiger partial charge in [-0.15, -0.1) is 0 Å². The van der Waals surface area contributed by atoms with Crippen molar-refractivity contribution >= 4 is 21.7 Å². The quantitative estimate of drug-likeness (QED) is 0.793. The Balaban J connectivity index is 2.89. The molecule has 0 bridgehead atoms. The number of hydrogen-bond acceptors (Lipinski definition) is 4. The summed E-state index contributed by atoms with van der Waals surface area (Å²) in [6, 6.07) is 0. The SMILES string of the molecule is CCCc1nc(Br)cnc1NNC. The van der Waals surface area contributed by atoms with Crippen LogP contribution in [0.2, 0.25) is 0 Å². The van der Waals surface area contributed by atoms with E-state index in [1.807, 2.05) is 0 Å². The van der Waals surface area contributed by atoms with E-state index in [0.29, 0.717) is 0 Å². The minimum absolute atomic E-state index is 0.776. The molecule has 0 atom stereocenters. The first-order chi connectivity index (χ1) is 6.27. The third kappa shape index (κ3) is 2.93. The van der Waals surface area contributed by atoms with Crippen molar-refractivity contribution in [3.63, 3.8) is 0 Å². The molecular formula is C8H13BrN4. The molecule has 1 aromatic heterocycles. The van der Waals surface area contributed by atoms with Gasteiger partial charge in [-0.2, -0.15) is 0 Å². The summed E-state index contributed by atoms with van der Waals surface area (Å²) in [5.74, 6) is 0.799. The average Bonchev–Trinajstić information content (AvgIpc) is 2.10. The number of aromatic nitrogens is 2. The van der Waals surface area contributed by atoms with Gasteiger partial charge in [0, 0.05) is 7.05 Å². The highest BCUT2D eigenvalue weighted by atomic mass is 79.9. The van der Waals surface area contributed by atoms with Crippen LogP contribution in [0.1, 0.15) is 19.0 Å². The maximum absolute atomic E-state index is 4.33. The van der Waals surface area contributed by atoms with E-state index in [0.717, 1.165) is 29.0 Å². The Kier molecular flexibility index (Phi) is 4.11. The summed E-state index contributed by atoms with van der Waals surface area (Å²) < 4.78 is 0.776. The van der Waals surface area contributed by atoms with E-state index in [1.165, 1.54) is 0 Å². The Bertz CT molecular complexity index is 277. The lowest BCUT2D eigenvalue weighted by Gasteiger charge is -2.07. The van der Waals surface area contributed by atoms with Crippen molar-refractivity contribution in [3.05, 3.63) is 16.5 Å². The van der Waals surface area contributed by atoms with E-state index < -0.39 is 0 Å². The second-order valence-corrected chi connectivity index (χ2v) is 3.43. The van der Waals surface area contributed by atoms with Crippen LogP contribution >= 0.6 is 15.9 Å². The van der Waals surface area contributed by atoms with Gasteiger partial charge in [0.1, 0.15) is 4.60 Å². The fourth-order valence-electron chi connectivity index (χ4n) is 1.04. The largest absolute Gasteiger partial charge is 0.305 e. The van der Waals surface area contributed by atoms with Gasteiger partial charge in [0.25, 0.3) is 0 Å². The van der Waals surface area contributed by atoms with Gasteiger partial charge < -0.3 is 5.43 Å². The first kappa shape index (κ1) is 10.4. The van der Waals surface area contributed by atoms with Crippen LogP contribution in [0.5, 0.6) is 0 Å². The van der Waals surface area contributed by atoms with Crippen LogP contribution in [0, 0.1) is 0 Å². The molecule has 1 rings (SSSR count). The first-order valence-corrected chi connectivity index (χ1v) is 5.01. The van der Waals surface area contributed by atoms with Crippen LogP contribution < -0.4 is 10.9 Å². The summed E-state index contributed by atoms with van der Waals surface area (Å²) >= 11 is 3.30. The number of nitrogens with one attached hydrogen (secondary N) is 2. The Morgan fingerprint density at radius 1 is 1.54 bits per heavy atom. The van der Waals surface area contributed by atoms with Crippen LogP contribution in [0.3, 0.4) is 0 Å². The summed E-state index contributed by atoms with van der Waals surface area (Å²) in [5, 5.41) is 0. The van der Waals surface area contributed by atoms with Crippen molar-refractivity contribution in [2.24, 2.45) is 0 Å². The van der Waals surface area contributed by atoms with E-state index >= 15 is 0 Å². The van der Waals surface area contributed by atoms with Gasteiger partial charge in [-0.3, -0.25) is 0 Å². The van der Waals surface area contributed by atoms with Crippen LogP contribution in [-0.2, 0) is 6.42 Å². The molecule has 0 aromatic carbocycles. The van der Waals surface area contributed by atoms with E-state index in [9.17, 15) is 0 Å². The molecular weight excluding hydrogens is 232 g/mol. The molecule has 1 aromatic rings. The Morgan fingerprint density at radius 2 is 2.31 bits per heavy atom.